The van der Waals surface area contributed by atoms with E-state index in [1.54, 1.807) is 30.9 Å². The van der Waals surface area contributed by atoms with E-state index in [-0.39, 0.29) is 5.82 Å². The summed E-state index contributed by atoms with van der Waals surface area (Å²) in [5.41, 5.74) is 0.911. The molecule has 6 nitrogen and oxygen atoms in total. The quantitative estimate of drug-likeness (QED) is 0.491. The molecule has 2 N–H and O–H groups in total. The van der Waals surface area contributed by atoms with Crippen molar-refractivity contribution in [3.8, 4) is 0 Å². The minimum absolute atomic E-state index is 0.230. The van der Waals surface area contributed by atoms with Gasteiger partial charge in [0.15, 0.2) is 11.8 Å². The van der Waals surface area contributed by atoms with Gasteiger partial charge in [-0.25, -0.2) is 4.39 Å². The fourth-order valence-electron chi connectivity index (χ4n) is 2.79. The third-order valence-corrected chi connectivity index (χ3v) is 4.85. The predicted molar refractivity (Wildman–Crippen MR) is 93.6 cm³/mol. The summed E-state index contributed by atoms with van der Waals surface area (Å²) in [7, 11) is 1.71. The predicted octanol–water partition coefficient (Wildman–Crippen LogP) is 1.95. The second-order valence-electron chi connectivity index (χ2n) is 5.52. The second-order valence-corrected chi connectivity index (χ2v) is 6.37. The highest BCUT2D eigenvalue weighted by Gasteiger charge is 2.17. The van der Waals surface area contributed by atoms with Gasteiger partial charge in [0, 0.05) is 31.5 Å². The molecule has 1 aliphatic rings. The lowest BCUT2D eigenvalue weighted by atomic mass is 10.2. The van der Waals surface area contributed by atoms with Gasteiger partial charge in [-0.2, -0.15) is 0 Å². The van der Waals surface area contributed by atoms with Crippen LogP contribution in [-0.2, 0) is 26.1 Å². The van der Waals surface area contributed by atoms with Crippen molar-refractivity contribution in [2.75, 3.05) is 13.3 Å². The fraction of sp³-hybridized carbons (Fsp3) is 0.438. The van der Waals surface area contributed by atoms with Crippen molar-refractivity contribution in [2.45, 2.75) is 37.4 Å². The standard InChI is InChI=1S/C16H21FN6S/c1-18-16(19-9-11-8-12(17)5-6-13(11)24-2)20-10-15-22-21-14-4-3-7-23(14)15/h5-6,8H,3-4,7,9-10H2,1-2H3,(H2,18,19,20). The largest absolute Gasteiger partial charge is 0.352 e. The van der Waals surface area contributed by atoms with Gasteiger partial charge in [0.25, 0.3) is 0 Å². The van der Waals surface area contributed by atoms with Gasteiger partial charge in [-0.1, -0.05) is 0 Å². The minimum atomic E-state index is -0.230. The molecule has 128 valence electrons. The normalized spacial score (nSPS) is 13.9. The molecule has 24 heavy (non-hydrogen) atoms. The summed E-state index contributed by atoms with van der Waals surface area (Å²) < 4.78 is 15.6. The van der Waals surface area contributed by atoms with Crippen molar-refractivity contribution >= 4 is 17.7 Å². The van der Waals surface area contributed by atoms with Gasteiger partial charge in [-0.15, -0.1) is 22.0 Å². The maximum atomic E-state index is 13.4. The molecule has 0 spiro atoms. The van der Waals surface area contributed by atoms with Gasteiger partial charge in [0.1, 0.15) is 11.6 Å². The Bertz CT molecular complexity index is 742. The summed E-state index contributed by atoms with van der Waals surface area (Å²) >= 11 is 1.60. The van der Waals surface area contributed by atoms with Crippen LogP contribution in [0.4, 0.5) is 4.39 Å². The summed E-state index contributed by atoms with van der Waals surface area (Å²) in [6.07, 6.45) is 4.11. The lowest BCUT2D eigenvalue weighted by Gasteiger charge is -2.13. The third kappa shape index (κ3) is 3.69. The summed E-state index contributed by atoms with van der Waals surface area (Å²) in [5, 5.41) is 14.9. The van der Waals surface area contributed by atoms with Crippen LogP contribution in [0.15, 0.2) is 28.1 Å². The average molecular weight is 348 g/mol. The maximum Gasteiger partial charge on any atom is 0.191 e. The second kappa shape index (κ2) is 7.65. The number of fused-ring (bicyclic) bond motifs is 1. The van der Waals surface area contributed by atoms with Crippen molar-refractivity contribution < 1.29 is 4.39 Å². The highest BCUT2D eigenvalue weighted by atomic mass is 32.2. The van der Waals surface area contributed by atoms with Gasteiger partial charge < -0.3 is 15.2 Å². The Kier molecular flexibility index (Phi) is 5.34. The number of benzene rings is 1. The smallest absolute Gasteiger partial charge is 0.191 e. The first-order valence-corrected chi connectivity index (χ1v) is 9.11. The number of halogens is 1. The molecule has 0 fully saturated rings. The minimum Gasteiger partial charge on any atom is -0.352 e. The van der Waals surface area contributed by atoms with Gasteiger partial charge in [0.2, 0.25) is 0 Å². The Labute approximate surface area is 145 Å². The van der Waals surface area contributed by atoms with E-state index in [1.807, 2.05) is 6.26 Å². The van der Waals surface area contributed by atoms with Crippen molar-refractivity contribution in [3.63, 3.8) is 0 Å². The first kappa shape index (κ1) is 16.8. The Morgan fingerprint density at radius 3 is 2.96 bits per heavy atom. The SMILES string of the molecule is CN=C(NCc1cc(F)ccc1SC)NCc1nnc2n1CCC2. The number of guanidine groups is 1. The van der Waals surface area contributed by atoms with E-state index in [2.05, 4.69) is 30.4 Å². The van der Waals surface area contributed by atoms with E-state index in [0.717, 1.165) is 41.5 Å². The van der Waals surface area contributed by atoms with Gasteiger partial charge in [-0.05, 0) is 36.4 Å². The number of hydrogen-bond donors (Lipinski definition) is 2. The number of aliphatic imine (C=N–C) groups is 1. The maximum absolute atomic E-state index is 13.4. The Morgan fingerprint density at radius 1 is 1.33 bits per heavy atom. The zero-order chi connectivity index (χ0) is 16.9. The number of aryl methyl sites for hydroxylation is 1. The Morgan fingerprint density at radius 2 is 2.17 bits per heavy atom. The van der Waals surface area contributed by atoms with Crippen LogP contribution in [0, 0.1) is 5.82 Å². The number of thioether (sulfide) groups is 1. The molecule has 1 aliphatic heterocycles. The number of hydrogen-bond acceptors (Lipinski definition) is 4. The van der Waals surface area contributed by atoms with Crippen LogP contribution >= 0.6 is 11.8 Å². The van der Waals surface area contributed by atoms with E-state index in [4.69, 9.17) is 0 Å². The summed E-state index contributed by atoms with van der Waals surface area (Å²) in [5.74, 6) is 2.40. The molecule has 1 aromatic heterocycles. The molecular weight excluding hydrogens is 327 g/mol. The van der Waals surface area contributed by atoms with Crippen LogP contribution in [-0.4, -0.2) is 34.0 Å². The summed E-state index contributed by atoms with van der Waals surface area (Å²) in [6.45, 7) is 2.04. The van der Waals surface area contributed by atoms with Crippen LogP contribution in [0.5, 0.6) is 0 Å². The molecule has 0 bridgehead atoms. The van der Waals surface area contributed by atoms with Gasteiger partial charge >= 0.3 is 0 Å². The van der Waals surface area contributed by atoms with Crippen molar-refractivity contribution in [2.24, 2.45) is 4.99 Å². The number of nitrogens with zero attached hydrogens (tertiary/aromatic N) is 4. The topological polar surface area (TPSA) is 67.1 Å². The third-order valence-electron chi connectivity index (χ3n) is 4.01. The van der Waals surface area contributed by atoms with E-state index < -0.39 is 0 Å². The molecule has 8 heteroatoms. The summed E-state index contributed by atoms with van der Waals surface area (Å²) in [4.78, 5) is 5.26. The fourth-order valence-corrected chi connectivity index (χ4v) is 3.39. The monoisotopic (exact) mass is 348 g/mol. The van der Waals surface area contributed by atoms with Crippen molar-refractivity contribution in [3.05, 3.63) is 41.2 Å². The number of aromatic nitrogens is 3. The molecule has 0 amide bonds. The van der Waals surface area contributed by atoms with Gasteiger partial charge in [-0.3, -0.25) is 4.99 Å². The van der Waals surface area contributed by atoms with Gasteiger partial charge in [0.05, 0.1) is 6.54 Å². The molecule has 3 rings (SSSR count). The van der Waals surface area contributed by atoms with E-state index in [9.17, 15) is 4.39 Å². The molecule has 1 aromatic carbocycles. The summed E-state index contributed by atoms with van der Waals surface area (Å²) in [6, 6.07) is 4.83. The van der Waals surface area contributed by atoms with E-state index >= 15 is 0 Å². The first-order chi connectivity index (χ1) is 11.7. The van der Waals surface area contributed by atoms with E-state index in [1.165, 1.54) is 6.07 Å². The molecule has 0 radical (unpaired) electrons. The molecule has 2 heterocycles. The van der Waals surface area contributed by atoms with Crippen LogP contribution in [0.1, 0.15) is 23.6 Å². The number of rotatable bonds is 5. The molecule has 0 saturated heterocycles. The highest BCUT2D eigenvalue weighted by Crippen LogP contribution is 2.21. The van der Waals surface area contributed by atoms with Crippen molar-refractivity contribution in [1.82, 2.24) is 25.4 Å². The average Bonchev–Trinajstić information content (AvgIpc) is 3.19. The zero-order valence-corrected chi connectivity index (χ0v) is 14.7. The lowest BCUT2D eigenvalue weighted by molar-refractivity contribution is 0.622. The van der Waals surface area contributed by atoms with E-state index in [0.29, 0.717) is 19.0 Å². The Hall–Kier alpha value is -2.09. The molecule has 0 unspecified atom stereocenters. The lowest BCUT2D eigenvalue weighted by Crippen LogP contribution is -2.37. The molecule has 0 aliphatic carbocycles. The molecular formula is C16H21FN6S. The Balaban J connectivity index is 1.58. The van der Waals surface area contributed by atoms with Crippen LogP contribution in [0.25, 0.3) is 0 Å². The molecule has 0 saturated carbocycles. The van der Waals surface area contributed by atoms with Crippen molar-refractivity contribution in [1.29, 1.82) is 0 Å². The zero-order valence-electron chi connectivity index (χ0n) is 13.8. The number of nitrogens with one attached hydrogen (secondary N) is 2. The van der Waals surface area contributed by atoms with Crippen LogP contribution < -0.4 is 10.6 Å². The molecule has 2 aromatic rings. The van der Waals surface area contributed by atoms with Crippen LogP contribution in [0.2, 0.25) is 0 Å². The van der Waals surface area contributed by atoms with Crippen LogP contribution in [0.3, 0.4) is 0 Å². The highest BCUT2D eigenvalue weighted by molar-refractivity contribution is 7.98. The first-order valence-electron chi connectivity index (χ1n) is 7.89. The molecule has 0 atom stereocenters.